The number of piperazine rings is 1. The fourth-order valence-electron chi connectivity index (χ4n) is 2.58. The minimum Gasteiger partial charge on any atom is -0.322 e. The summed E-state index contributed by atoms with van der Waals surface area (Å²) in [7, 11) is 0. The maximum absolute atomic E-state index is 12.3. The quantitative estimate of drug-likeness (QED) is 0.926. The molecule has 2 rings (SSSR count). The molecule has 1 aliphatic heterocycles. The first-order chi connectivity index (χ1) is 9.92. The number of nitrogens with zero attached hydrogens (tertiary/aromatic N) is 2. The molecule has 1 aromatic rings. The number of hydrogen-bond acceptors (Lipinski definition) is 2. The van der Waals surface area contributed by atoms with Gasteiger partial charge in [-0.15, -0.1) is 0 Å². The van der Waals surface area contributed by atoms with Crippen LogP contribution in [0.1, 0.15) is 32.8 Å². The second-order valence-electron chi connectivity index (χ2n) is 6.44. The van der Waals surface area contributed by atoms with E-state index in [0.29, 0.717) is 0 Å². The van der Waals surface area contributed by atoms with Crippen molar-refractivity contribution in [1.29, 1.82) is 0 Å². The van der Waals surface area contributed by atoms with Gasteiger partial charge in [0, 0.05) is 37.4 Å². The average molecular weight is 289 g/mol. The highest BCUT2D eigenvalue weighted by atomic mass is 16.2. The van der Waals surface area contributed by atoms with Gasteiger partial charge in [-0.25, -0.2) is 4.79 Å². The minimum atomic E-state index is 0.00723. The van der Waals surface area contributed by atoms with Crippen LogP contribution in [0.4, 0.5) is 10.5 Å². The third-order valence-electron chi connectivity index (χ3n) is 4.59. The van der Waals surface area contributed by atoms with Crippen molar-refractivity contribution in [3.05, 3.63) is 29.8 Å². The molecule has 0 atom stereocenters. The molecule has 1 saturated heterocycles. The number of carbonyl (C=O) groups excluding carboxylic acids is 1. The summed E-state index contributed by atoms with van der Waals surface area (Å²) in [6.07, 6.45) is 1.13. The number of rotatable bonds is 3. The molecule has 4 nitrogen and oxygen atoms in total. The standard InChI is InChI=1S/C17H27N3O/c1-5-17(3,4)20-12-10-19(11-13-20)16(21)18-15-8-6-14(2)7-9-15/h6-9H,5,10-13H2,1-4H3,(H,18,21). The van der Waals surface area contributed by atoms with Crippen molar-refractivity contribution in [1.82, 2.24) is 9.80 Å². The largest absolute Gasteiger partial charge is 0.322 e. The lowest BCUT2D eigenvalue weighted by Gasteiger charge is -2.43. The lowest BCUT2D eigenvalue weighted by atomic mass is 9.98. The van der Waals surface area contributed by atoms with Gasteiger partial charge in [-0.2, -0.15) is 0 Å². The SMILES string of the molecule is CCC(C)(C)N1CCN(C(=O)Nc2ccc(C)cc2)CC1. The molecule has 4 heteroatoms. The first-order valence-electron chi connectivity index (χ1n) is 7.80. The van der Waals surface area contributed by atoms with Gasteiger partial charge in [0.15, 0.2) is 0 Å². The fraction of sp³-hybridized carbons (Fsp3) is 0.588. The van der Waals surface area contributed by atoms with Gasteiger partial charge in [0.1, 0.15) is 0 Å². The van der Waals surface area contributed by atoms with Gasteiger partial charge < -0.3 is 10.2 Å². The molecule has 0 bridgehead atoms. The highest BCUT2D eigenvalue weighted by Crippen LogP contribution is 2.20. The van der Waals surface area contributed by atoms with Crippen LogP contribution >= 0.6 is 0 Å². The predicted molar refractivity (Wildman–Crippen MR) is 87.7 cm³/mol. The van der Waals surface area contributed by atoms with Crippen LogP contribution in [0.25, 0.3) is 0 Å². The highest BCUT2D eigenvalue weighted by molar-refractivity contribution is 5.89. The van der Waals surface area contributed by atoms with Crippen LogP contribution in [0.5, 0.6) is 0 Å². The van der Waals surface area contributed by atoms with E-state index in [1.165, 1.54) is 5.56 Å². The van der Waals surface area contributed by atoms with Crippen molar-refractivity contribution >= 4 is 11.7 Å². The predicted octanol–water partition coefficient (Wildman–Crippen LogP) is 3.33. The Morgan fingerprint density at radius 1 is 1.14 bits per heavy atom. The zero-order chi connectivity index (χ0) is 15.5. The molecule has 0 saturated carbocycles. The number of amides is 2. The van der Waals surface area contributed by atoms with Crippen LogP contribution in [-0.4, -0.2) is 47.5 Å². The number of aryl methyl sites for hydroxylation is 1. The summed E-state index contributed by atoms with van der Waals surface area (Å²) in [5.74, 6) is 0. The molecule has 0 radical (unpaired) electrons. The summed E-state index contributed by atoms with van der Waals surface area (Å²) in [5, 5.41) is 2.97. The number of benzene rings is 1. The second-order valence-corrected chi connectivity index (χ2v) is 6.44. The van der Waals surface area contributed by atoms with E-state index in [2.05, 4.69) is 31.0 Å². The Bertz CT molecular complexity index is 473. The van der Waals surface area contributed by atoms with Crippen LogP contribution in [0.15, 0.2) is 24.3 Å². The lowest BCUT2D eigenvalue weighted by Crippen LogP contribution is -2.56. The van der Waals surface area contributed by atoms with Gasteiger partial charge in [-0.3, -0.25) is 4.90 Å². The van der Waals surface area contributed by atoms with Crippen LogP contribution in [-0.2, 0) is 0 Å². The zero-order valence-electron chi connectivity index (χ0n) is 13.6. The summed E-state index contributed by atoms with van der Waals surface area (Å²) >= 11 is 0. The van der Waals surface area contributed by atoms with Gasteiger partial charge in [-0.1, -0.05) is 24.6 Å². The minimum absolute atomic E-state index is 0.00723. The molecule has 1 aromatic carbocycles. The summed E-state index contributed by atoms with van der Waals surface area (Å²) in [4.78, 5) is 16.7. The van der Waals surface area contributed by atoms with E-state index in [1.807, 2.05) is 36.1 Å². The van der Waals surface area contributed by atoms with Crippen molar-refractivity contribution < 1.29 is 4.79 Å². The van der Waals surface area contributed by atoms with Crippen molar-refractivity contribution in [3.8, 4) is 0 Å². The fourth-order valence-corrected chi connectivity index (χ4v) is 2.58. The Morgan fingerprint density at radius 2 is 1.71 bits per heavy atom. The van der Waals surface area contributed by atoms with Crippen molar-refractivity contribution in [2.75, 3.05) is 31.5 Å². The summed E-state index contributed by atoms with van der Waals surface area (Å²) in [6.45, 7) is 12.3. The van der Waals surface area contributed by atoms with E-state index >= 15 is 0 Å². The molecule has 1 aliphatic rings. The first kappa shape index (κ1) is 15.8. The summed E-state index contributed by atoms with van der Waals surface area (Å²) < 4.78 is 0. The van der Waals surface area contributed by atoms with E-state index in [4.69, 9.17) is 0 Å². The molecule has 1 heterocycles. The van der Waals surface area contributed by atoms with Gasteiger partial charge in [0.05, 0.1) is 0 Å². The Balaban J connectivity index is 1.87. The Hall–Kier alpha value is -1.55. The number of carbonyl (C=O) groups is 1. The van der Waals surface area contributed by atoms with Crippen LogP contribution in [0.2, 0.25) is 0 Å². The summed E-state index contributed by atoms with van der Waals surface area (Å²) in [5.41, 5.74) is 2.28. The highest BCUT2D eigenvalue weighted by Gasteiger charge is 2.29. The normalized spacial score (nSPS) is 16.9. The molecule has 0 aliphatic carbocycles. The molecule has 21 heavy (non-hydrogen) atoms. The number of anilines is 1. The van der Waals surface area contributed by atoms with Crippen molar-refractivity contribution in [2.45, 2.75) is 39.7 Å². The Kier molecular flexibility index (Phi) is 4.88. The first-order valence-corrected chi connectivity index (χ1v) is 7.80. The molecule has 1 fully saturated rings. The zero-order valence-corrected chi connectivity index (χ0v) is 13.6. The monoisotopic (exact) mass is 289 g/mol. The Labute approximate surface area is 128 Å². The van der Waals surface area contributed by atoms with Crippen molar-refractivity contribution in [3.63, 3.8) is 0 Å². The Morgan fingerprint density at radius 3 is 2.24 bits per heavy atom. The molecule has 1 N–H and O–H groups in total. The molecule has 0 spiro atoms. The topological polar surface area (TPSA) is 35.6 Å². The van der Waals surface area contributed by atoms with Gasteiger partial charge >= 0.3 is 6.03 Å². The molecule has 2 amide bonds. The summed E-state index contributed by atoms with van der Waals surface area (Å²) in [6, 6.07) is 7.93. The number of hydrogen-bond donors (Lipinski definition) is 1. The van der Waals surface area contributed by atoms with E-state index in [1.54, 1.807) is 0 Å². The maximum Gasteiger partial charge on any atom is 0.321 e. The molecular weight excluding hydrogens is 262 g/mol. The third kappa shape index (κ3) is 3.97. The van der Waals surface area contributed by atoms with Gasteiger partial charge in [0.2, 0.25) is 0 Å². The third-order valence-corrected chi connectivity index (χ3v) is 4.59. The maximum atomic E-state index is 12.3. The molecule has 116 valence electrons. The van der Waals surface area contributed by atoms with Gasteiger partial charge in [0.25, 0.3) is 0 Å². The molecule has 0 aromatic heterocycles. The van der Waals surface area contributed by atoms with E-state index < -0.39 is 0 Å². The molecular formula is C17H27N3O. The number of nitrogens with one attached hydrogen (secondary N) is 1. The van der Waals surface area contributed by atoms with E-state index in [-0.39, 0.29) is 11.6 Å². The lowest BCUT2D eigenvalue weighted by molar-refractivity contribution is 0.0640. The molecule has 0 unspecified atom stereocenters. The number of urea groups is 1. The van der Waals surface area contributed by atoms with Crippen LogP contribution in [0, 0.1) is 6.92 Å². The van der Waals surface area contributed by atoms with Crippen molar-refractivity contribution in [2.24, 2.45) is 0 Å². The van der Waals surface area contributed by atoms with Crippen LogP contribution < -0.4 is 5.32 Å². The second kappa shape index (κ2) is 6.48. The smallest absolute Gasteiger partial charge is 0.321 e. The van der Waals surface area contributed by atoms with E-state index in [0.717, 1.165) is 38.3 Å². The van der Waals surface area contributed by atoms with Crippen LogP contribution in [0.3, 0.4) is 0 Å². The van der Waals surface area contributed by atoms with Gasteiger partial charge in [-0.05, 0) is 39.3 Å². The van der Waals surface area contributed by atoms with E-state index in [9.17, 15) is 4.79 Å². The average Bonchev–Trinajstić information content (AvgIpc) is 2.49.